The molecular weight excluding hydrogens is 250 g/mol. The average molecular weight is 269 g/mol. The Morgan fingerprint density at radius 1 is 1.50 bits per heavy atom. The summed E-state index contributed by atoms with van der Waals surface area (Å²) in [5.41, 5.74) is 2.79. The molecule has 2 rings (SSSR count). The van der Waals surface area contributed by atoms with Gasteiger partial charge in [-0.05, 0) is 30.2 Å². The number of nitrogens with zero attached hydrogens (tertiary/aromatic N) is 2. The van der Waals surface area contributed by atoms with Crippen LogP contribution < -0.4 is 4.74 Å². The van der Waals surface area contributed by atoms with Crippen LogP contribution in [-0.2, 0) is 0 Å². The third-order valence-corrected chi connectivity index (χ3v) is 3.28. The Labute approximate surface area is 119 Å². The molecule has 4 nitrogen and oxygen atoms in total. The van der Waals surface area contributed by atoms with Crippen molar-refractivity contribution in [2.45, 2.75) is 6.92 Å². The predicted octanol–water partition coefficient (Wildman–Crippen LogP) is 2.95. The second-order valence-corrected chi connectivity index (χ2v) is 4.50. The van der Waals surface area contributed by atoms with Crippen LogP contribution in [0.3, 0.4) is 0 Å². The summed E-state index contributed by atoms with van der Waals surface area (Å²) in [6, 6.07) is 5.92. The van der Waals surface area contributed by atoms with Gasteiger partial charge in [-0.25, -0.2) is 4.99 Å². The molecule has 1 aliphatic rings. The normalized spacial score (nSPS) is 17.2. The van der Waals surface area contributed by atoms with E-state index in [9.17, 15) is 0 Å². The second kappa shape index (κ2) is 6.19. The molecule has 1 heterocycles. The highest BCUT2D eigenvalue weighted by Crippen LogP contribution is 2.27. The first kappa shape index (κ1) is 14.1. The van der Waals surface area contributed by atoms with Gasteiger partial charge in [0, 0.05) is 19.5 Å². The summed E-state index contributed by atoms with van der Waals surface area (Å²) in [5, 5.41) is 7.47. The fourth-order valence-electron chi connectivity index (χ4n) is 2.20. The zero-order chi connectivity index (χ0) is 14.5. The molecule has 104 valence electrons. The van der Waals surface area contributed by atoms with Crippen molar-refractivity contribution in [1.82, 2.24) is 4.90 Å². The Kier molecular flexibility index (Phi) is 4.35. The Morgan fingerprint density at radius 3 is 2.95 bits per heavy atom. The molecule has 0 unspecified atom stereocenters. The minimum atomic E-state index is 0.625. The molecule has 4 heteroatoms. The number of aliphatic imine (C=N–C) groups is 1. The van der Waals surface area contributed by atoms with Crippen molar-refractivity contribution in [3.05, 3.63) is 48.2 Å². The number of allylic oxidation sites excluding steroid dienone is 2. The smallest absolute Gasteiger partial charge is 0.139 e. The number of hydrogen-bond acceptors (Lipinski definition) is 3. The van der Waals surface area contributed by atoms with Crippen LogP contribution in [0.2, 0.25) is 0 Å². The van der Waals surface area contributed by atoms with Crippen LogP contribution in [0.5, 0.6) is 5.75 Å². The van der Waals surface area contributed by atoms with Crippen molar-refractivity contribution in [2.24, 2.45) is 4.99 Å². The van der Waals surface area contributed by atoms with Crippen LogP contribution in [0.25, 0.3) is 5.57 Å². The van der Waals surface area contributed by atoms with Gasteiger partial charge >= 0.3 is 0 Å². The molecule has 1 aromatic rings. The fraction of sp³-hybridized carbons (Fsp3) is 0.250. The first-order valence-electron chi connectivity index (χ1n) is 6.55. The van der Waals surface area contributed by atoms with Crippen LogP contribution in [0.4, 0.5) is 0 Å². The van der Waals surface area contributed by atoms with E-state index in [-0.39, 0.29) is 0 Å². The van der Waals surface area contributed by atoms with E-state index in [1.165, 1.54) is 6.21 Å². The van der Waals surface area contributed by atoms with Crippen LogP contribution in [0.1, 0.15) is 18.1 Å². The quantitative estimate of drug-likeness (QED) is 0.858. The molecular formula is C16H19N3O. The lowest BCUT2D eigenvalue weighted by atomic mass is 10.0. The summed E-state index contributed by atoms with van der Waals surface area (Å²) < 4.78 is 5.76. The number of ether oxygens (including phenoxy) is 1. The van der Waals surface area contributed by atoms with E-state index in [4.69, 9.17) is 10.1 Å². The minimum Gasteiger partial charge on any atom is -0.491 e. The van der Waals surface area contributed by atoms with Crippen molar-refractivity contribution >= 4 is 17.6 Å². The number of amidine groups is 1. The van der Waals surface area contributed by atoms with Crippen molar-refractivity contribution in [3.8, 4) is 5.75 Å². The molecule has 0 amide bonds. The van der Waals surface area contributed by atoms with Gasteiger partial charge in [0.05, 0.1) is 12.1 Å². The summed E-state index contributed by atoms with van der Waals surface area (Å²) in [6.07, 6.45) is 4.81. The zero-order valence-electron chi connectivity index (χ0n) is 11.9. The van der Waals surface area contributed by atoms with Gasteiger partial charge in [-0.15, -0.1) is 0 Å². The lowest BCUT2D eigenvalue weighted by Crippen LogP contribution is -2.28. The SMILES string of the molecule is C=CN=C1c2cc(/C(C=N)=C/C)ccc2OCCN1C. The number of hydrogen-bond donors (Lipinski definition) is 1. The Hall–Kier alpha value is -2.36. The molecule has 1 N–H and O–H groups in total. The molecule has 1 aliphatic heterocycles. The van der Waals surface area contributed by atoms with Gasteiger partial charge in [0.25, 0.3) is 0 Å². The van der Waals surface area contributed by atoms with Crippen molar-refractivity contribution in [2.75, 3.05) is 20.2 Å². The Balaban J connectivity index is 2.59. The van der Waals surface area contributed by atoms with Gasteiger partial charge in [0.2, 0.25) is 0 Å². The maximum absolute atomic E-state index is 7.47. The van der Waals surface area contributed by atoms with E-state index < -0.39 is 0 Å². The van der Waals surface area contributed by atoms with E-state index in [2.05, 4.69) is 16.5 Å². The molecule has 0 saturated carbocycles. The Bertz CT molecular complexity index is 587. The van der Waals surface area contributed by atoms with E-state index in [1.807, 2.05) is 38.2 Å². The van der Waals surface area contributed by atoms with Gasteiger partial charge in [0.15, 0.2) is 0 Å². The highest BCUT2D eigenvalue weighted by atomic mass is 16.5. The van der Waals surface area contributed by atoms with E-state index >= 15 is 0 Å². The topological polar surface area (TPSA) is 48.7 Å². The number of fused-ring (bicyclic) bond motifs is 1. The fourth-order valence-corrected chi connectivity index (χ4v) is 2.20. The molecule has 0 spiro atoms. The maximum atomic E-state index is 7.47. The van der Waals surface area contributed by atoms with Gasteiger partial charge in [-0.1, -0.05) is 18.7 Å². The van der Waals surface area contributed by atoms with E-state index in [0.717, 1.165) is 34.8 Å². The highest BCUT2D eigenvalue weighted by Gasteiger charge is 2.19. The molecule has 1 aromatic carbocycles. The van der Waals surface area contributed by atoms with Gasteiger partial charge in [-0.3, -0.25) is 0 Å². The predicted molar refractivity (Wildman–Crippen MR) is 83.7 cm³/mol. The summed E-state index contributed by atoms with van der Waals surface area (Å²) in [6.45, 7) is 7.00. The molecule has 0 fully saturated rings. The molecule has 20 heavy (non-hydrogen) atoms. The Morgan fingerprint density at radius 2 is 2.30 bits per heavy atom. The van der Waals surface area contributed by atoms with Crippen LogP contribution in [0, 0.1) is 5.41 Å². The van der Waals surface area contributed by atoms with Gasteiger partial charge in [-0.2, -0.15) is 0 Å². The first-order valence-corrected chi connectivity index (χ1v) is 6.55. The first-order chi connectivity index (χ1) is 9.71. The summed E-state index contributed by atoms with van der Waals surface area (Å²) in [7, 11) is 1.99. The maximum Gasteiger partial charge on any atom is 0.139 e. The monoisotopic (exact) mass is 269 g/mol. The largest absolute Gasteiger partial charge is 0.491 e. The summed E-state index contributed by atoms with van der Waals surface area (Å²) >= 11 is 0. The standard InChI is InChI=1S/C16H19N3O/c1-4-12(11-17)13-6-7-15-14(10-13)16(18-5-2)19(3)8-9-20-15/h4-7,10-11,17H,2,8-9H2,1,3H3/b12-4+,17-11?,18-16?. The molecule has 0 saturated heterocycles. The summed E-state index contributed by atoms with van der Waals surface area (Å²) in [5.74, 6) is 1.66. The van der Waals surface area contributed by atoms with Gasteiger partial charge in [0.1, 0.15) is 18.2 Å². The van der Waals surface area contributed by atoms with Gasteiger partial charge < -0.3 is 15.0 Å². The molecule has 0 radical (unpaired) electrons. The number of likely N-dealkylation sites (N-methyl/N-ethyl adjacent to an activating group) is 1. The second-order valence-electron chi connectivity index (χ2n) is 4.50. The highest BCUT2D eigenvalue weighted by molar-refractivity contribution is 6.10. The molecule has 0 aromatic heterocycles. The average Bonchev–Trinajstić information content (AvgIpc) is 2.61. The molecule has 0 aliphatic carbocycles. The molecule has 0 bridgehead atoms. The molecule has 0 atom stereocenters. The number of benzene rings is 1. The number of nitrogens with one attached hydrogen (secondary N) is 1. The van der Waals surface area contributed by atoms with Crippen LogP contribution in [0.15, 0.2) is 42.0 Å². The minimum absolute atomic E-state index is 0.625. The van der Waals surface area contributed by atoms with Crippen LogP contribution in [-0.4, -0.2) is 37.1 Å². The number of rotatable bonds is 3. The third-order valence-electron chi connectivity index (χ3n) is 3.28. The zero-order valence-corrected chi connectivity index (χ0v) is 11.9. The summed E-state index contributed by atoms with van der Waals surface area (Å²) in [4.78, 5) is 6.42. The van der Waals surface area contributed by atoms with Crippen molar-refractivity contribution in [1.29, 1.82) is 5.41 Å². The van der Waals surface area contributed by atoms with E-state index in [1.54, 1.807) is 6.20 Å². The van der Waals surface area contributed by atoms with E-state index in [0.29, 0.717) is 6.61 Å². The third kappa shape index (κ3) is 2.64. The lowest BCUT2D eigenvalue weighted by molar-refractivity contribution is 0.294. The van der Waals surface area contributed by atoms with Crippen LogP contribution >= 0.6 is 0 Å². The van der Waals surface area contributed by atoms with Crippen molar-refractivity contribution < 1.29 is 4.74 Å². The lowest BCUT2D eigenvalue weighted by Gasteiger charge is -2.17. The van der Waals surface area contributed by atoms with Crippen molar-refractivity contribution in [3.63, 3.8) is 0 Å².